The number of fused-ring (bicyclic) bond motifs is 3. The van der Waals surface area contributed by atoms with Gasteiger partial charge in [0.1, 0.15) is 0 Å². The molecule has 6 heteroatoms. The number of hydrogen-bond donors (Lipinski definition) is 1. The van der Waals surface area contributed by atoms with Crippen LogP contribution in [-0.2, 0) is 11.2 Å². The number of rotatable bonds is 3. The monoisotopic (exact) mass is 351 g/mol. The molecule has 26 heavy (non-hydrogen) atoms. The largest absolute Gasteiger partial charge is 0.364 e. The lowest BCUT2D eigenvalue weighted by molar-refractivity contribution is -0.126. The molecule has 2 atom stereocenters. The van der Waals surface area contributed by atoms with Crippen molar-refractivity contribution in [3.05, 3.63) is 48.3 Å². The lowest BCUT2D eigenvalue weighted by Gasteiger charge is -2.49. The Kier molecular flexibility index (Phi) is 4.49. The van der Waals surface area contributed by atoms with E-state index >= 15 is 0 Å². The second-order valence-corrected chi connectivity index (χ2v) is 7.36. The van der Waals surface area contributed by atoms with Crippen LogP contribution >= 0.6 is 0 Å². The molecule has 0 saturated carbocycles. The second kappa shape index (κ2) is 6.94. The third-order valence-corrected chi connectivity index (χ3v) is 5.23. The van der Waals surface area contributed by atoms with E-state index in [9.17, 15) is 4.79 Å². The second-order valence-electron chi connectivity index (χ2n) is 7.36. The highest BCUT2D eigenvalue weighted by Gasteiger charge is 2.41. The van der Waals surface area contributed by atoms with Crippen LogP contribution in [0.15, 0.2) is 42.7 Å². The summed E-state index contributed by atoms with van der Waals surface area (Å²) >= 11 is 0. The van der Waals surface area contributed by atoms with Crippen molar-refractivity contribution in [2.45, 2.75) is 32.4 Å². The summed E-state index contributed by atoms with van der Waals surface area (Å²) in [6, 6.07) is 10.6. The van der Waals surface area contributed by atoms with Gasteiger partial charge in [-0.15, -0.1) is 0 Å². The van der Waals surface area contributed by atoms with E-state index in [1.165, 1.54) is 11.3 Å². The van der Waals surface area contributed by atoms with Crippen molar-refractivity contribution in [3.63, 3.8) is 0 Å². The van der Waals surface area contributed by atoms with E-state index in [0.29, 0.717) is 0 Å². The Labute approximate surface area is 154 Å². The van der Waals surface area contributed by atoms with Crippen molar-refractivity contribution in [1.82, 2.24) is 15.3 Å². The first-order valence-corrected chi connectivity index (χ1v) is 9.30. The van der Waals surface area contributed by atoms with E-state index in [0.717, 1.165) is 32.0 Å². The number of nitrogens with one attached hydrogen (secondary N) is 1. The highest BCUT2D eigenvalue weighted by molar-refractivity contribution is 5.82. The minimum atomic E-state index is -0.0705. The van der Waals surface area contributed by atoms with Crippen LogP contribution in [0.2, 0.25) is 0 Å². The highest BCUT2D eigenvalue weighted by Crippen LogP contribution is 2.36. The molecule has 1 amide bonds. The Morgan fingerprint density at radius 1 is 1.15 bits per heavy atom. The van der Waals surface area contributed by atoms with Crippen molar-refractivity contribution in [2.24, 2.45) is 5.92 Å². The summed E-state index contributed by atoms with van der Waals surface area (Å²) in [6.45, 7) is 6.50. The molecule has 2 aromatic rings. The quantitative estimate of drug-likeness (QED) is 0.915. The number of carbonyl (C=O) groups is 1. The van der Waals surface area contributed by atoms with Crippen molar-refractivity contribution < 1.29 is 4.79 Å². The fraction of sp³-hybridized carbons (Fsp3) is 0.450. The number of amides is 1. The summed E-state index contributed by atoms with van der Waals surface area (Å²) in [4.78, 5) is 26.3. The normalized spacial score (nSPS) is 22.0. The summed E-state index contributed by atoms with van der Waals surface area (Å²) in [5.74, 6) is 0.813. The molecule has 0 radical (unpaired) electrons. The van der Waals surface area contributed by atoms with Crippen LogP contribution in [0.1, 0.15) is 19.4 Å². The Morgan fingerprint density at radius 2 is 1.92 bits per heavy atom. The molecular formula is C20H25N5O. The summed E-state index contributed by atoms with van der Waals surface area (Å²) < 4.78 is 0. The van der Waals surface area contributed by atoms with Crippen LogP contribution in [0.4, 0.5) is 11.6 Å². The van der Waals surface area contributed by atoms with Gasteiger partial charge in [0, 0.05) is 43.8 Å². The predicted molar refractivity (Wildman–Crippen MR) is 102 cm³/mol. The van der Waals surface area contributed by atoms with Crippen molar-refractivity contribution >= 4 is 17.5 Å². The fourth-order valence-corrected chi connectivity index (χ4v) is 4.09. The molecule has 3 heterocycles. The third-order valence-electron chi connectivity index (χ3n) is 5.23. The Balaban J connectivity index is 1.65. The topological polar surface area (TPSA) is 61.4 Å². The molecule has 0 spiro atoms. The van der Waals surface area contributed by atoms with Gasteiger partial charge in [0.15, 0.2) is 0 Å². The first-order valence-electron chi connectivity index (χ1n) is 9.30. The molecule has 6 nitrogen and oxygen atoms in total. The average Bonchev–Trinajstić information content (AvgIpc) is 2.67. The van der Waals surface area contributed by atoms with Gasteiger partial charge >= 0.3 is 0 Å². The van der Waals surface area contributed by atoms with Crippen molar-refractivity contribution in [2.75, 3.05) is 29.4 Å². The summed E-state index contributed by atoms with van der Waals surface area (Å²) in [7, 11) is 0. The number of piperazine rings is 1. The zero-order valence-corrected chi connectivity index (χ0v) is 15.3. The van der Waals surface area contributed by atoms with Crippen LogP contribution in [0, 0.1) is 5.92 Å². The minimum Gasteiger partial charge on any atom is -0.364 e. The molecule has 4 rings (SSSR count). The van der Waals surface area contributed by atoms with Gasteiger partial charge in [-0.25, -0.2) is 9.97 Å². The molecule has 1 aromatic carbocycles. The van der Waals surface area contributed by atoms with Gasteiger partial charge in [0.2, 0.25) is 11.9 Å². The molecule has 1 fully saturated rings. The van der Waals surface area contributed by atoms with Gasteiger partial charge < -0.3 is 15.1 Å². The Morgan fingerprint density at radius 3 is 2.69 bits per heavy atom. The van der Waals surface area contributed by atoms with E-state index in [-0.39, 0.29) is 23.9 Å². The molecule has 1 N–H and O–H groups in total. The molecule has 1 saturated heterocycles. The number of hydrogen-bond acceptors (Lipinski definition) is 5. The number of anilines is 2. The number of nitrogens with zero attached hydrogens (tertiary/aromatic N) is 4. The lowest BCUT2D eigenvalue weighted by Crippen LogP contribution is -2.61. The maximum absolute atomic E-state index is 12.9. The maximum atomic E-state index is 12.9. The zero-order valence-electron chi connectivity index (χ0n) is 15.3. The minimum absolute atomic E-state index is 0.0705. The van der Waals surface area contributed by atoms with Gasteiger partial charge in [-0.3, -0.25) is 4.79 Å². The van der Waals surface area contributed by atoms with E-state index in [1.807, 2.05) is 19.9 Å². The first-order chi connectivity index (χ1) is 12.6. The predicted octanol–water partition coefficient (Wildman–Crippen LogP) is 1.87. The standard InChI is InChI=1S/C20H25N5O/c1-14(2)23-19(26)16-12-15-6-3-4-7-17(15)25-11-10-24(13-18(16)25)20-21-8-5-9-22-20/h3-9,14,16,18H,10-13H2,1-2H3,(H,23,26). The van der Waals surface area contributed by atoms with E-state index < -0.39 is 0 Å². The Hall–Kier alpha value is -2.63. The van der Waals surface area contributed by atoms with Crippen LogP contribution in [-0.4, -0.2) is 47.6 Å². The van der Waals surface area contributed by atoms with Crippen LogP contribution in [0.25, 0.3) is 0 Å². The molecule has 2 aliphatic heterocycles. The average molecular weight is 351 g/mol. The summed E-state index contributed by atoms with van der Waals surface area (Å²) in [6.07, 6.45) is 4.32. The van der Waals surface area contributed by atoms with Gasteiger partial charge in [0.25, 0.3) is 0 Å². The van der Waals surface area contributed by atoms with Crippen molar-refractivity contribution in [1.29, 1.82) is 0 Å². The van der Waals surface area contributed by atoms with Crippen LogP contribution in [0.5, 0.6) is 0 Å². The fourth-order valence-electron chi connectivity index (χ4n) is 4.09. The number of benzene rings is 1. The number of aromatic nitrogens is 2. The van der Waals surface area contributed by atoms with Crippen molar-refractivity contribution in [3.8, 4) is 0 Å². The van der Waals surface area contributed by atoms with Gasteiger partial charge in [-0.05, 0) is 38.0 Å². The number of para-hydroxylation sites is 1. The van der Waals surface area contributed by atoms with Gasteiger partial charge in [0.05, 0.1) is 12.0 Å². The summed E-state index contributed by atoms with van der Waals surface area (Å²) in [5.41, 5.74) is 2.52. The highest BCUT2D eigenvalue weighted by atomic mass is 16.2. The lowest BCUT2D eigenvalue weighted by atomic mass is 9.83. The SMILES string of the molecule is CC(C)NC(=O)C1Cc2ccccc2N2CCN(c3ncccn3)CC12. The maximum Gasteiger partial charge on any atom is 0.225 e. The van der Waals surface area contributed by atoms with E-state index in [1.54, 1.807) is 12.4 Å². The van der Waals surface area contributed by atoms with Crippen LogP contribution in [0.3, 0.4) is 0 Å². The molecule has 0 aliphatic carbocycles. The van der Waals surface area contributed by atoms with Crippen LogP contribution < -0.4 is 15.1 Å². The zero-order chi connectivity index (χ0) is 18.1. The molecule has 1 aromatic heterocycles. The van der Waals surface area contributed by atoms with E-state index in [2.05, 4.69) is 49.4 Å². The molecular weight excluding hydrogens is 326 g/mol. The molecule has 0 bridgehead atoms. The molecule has 136 valence electrons. The summed E-state index contributed by atoms with van der Waals surface area (Å²) in [5, 5.41) is 3.12. The van der Waals surface area contributed by atoms with Gasteiger partial charge in [-0.2, -0.15) is 0 Å². The van der Waals surface area contributed by atoms with Gasteiger partial charge in [-0.1, -0.05) is 18.2 Å². The van der Waals surface area contributed by atoms with E-state index in [4.69, 9.17) is 0 Å². The Bertz CT molecular complexity index is 779. The molecule has 2 aliphatic rings. The smallest absolute Gasteiger partial charge is 0.225 e. The first kappa shape index (κ1) is 16.8. The number of carbonyl (C=O) groups excluding carboxylic acids is 1. The molecule has 2 unspecified atom stereocenters. The third kappa shape index (κ3) is 3.11.